The monoisotopic (exact) mass is 272 g/mol. The number of non-ortho nitro benzene ring substituents is 1. The molecule has 3 aromatic rings. The van der Waals surface area contributed by atoms with Gasteiger partial charge in [-0.05, 0) is 6.07 Å². The molecule has 6 nitrogen and oxygen atoms in total. The summed E-state index contributed by atoms with van der Waals surface area (Å²) >= 11 is 0. The maximum Gasteiger partial charge on any atom is 0.270 e. The highest BCUT2D eigenvalue weighted by Crippen LogP contribution is 2.25. The standard InChI is InChI=1S/C13H9FN4O2/c14-12-8-17(7-9-6-15-3-4-16-9)13-2-1-10(18(19)20)5-11(12)13/h1-6,8H,7H2. The van der Waals surface area contributed by atoms with Crippen molar-refractivity contribution in [1.29, 1.82) is 0 Å². The van der Waals surface area contributed by atoms with Gasteiger partial charge < -0.3 is 4.57 Å². The first-order valence-corrected chi connectivity index (χ1v) is 5.83. The zero-order valence-corrected chi connectivity index (χ0v) is 10.2. The smallest absolute Gasteiger partial charge is 0.270 e. The number of rotatable bonds is 3. The van der Waals surface area contributed by atoms with Gasteiger partial charge in [0.2, 0.25) is 0 Å². The molecule has 2 heterocycles. The quantitative estimate of drug-likeness (QED) is 0.542. The molecule has 0 fully saturated rings. The summed E-state index contributed by atoms with van der Waals surface area (Å²) in [6.07, 6.45) is 6.02. The highest BCUT2D eigenvalue weighted by atomic mass is 19.1. The molecule has 3 rings (SSSR count). The minimum Gasteiger partial charge on any atom is -0.338 e. The van der Waals surface area contributed by atoms with Crippen LogP contribution in [0.3, 0.4) is 0 Å². The van der Waals surface area contributed by atoms with Gasteiger partial charge >= 0.3 is 0 Å². The van der Waals surface area contributed by atoms with Gasteiger partial charge in [0.05, 0.1) is 28.9 Å². The van der Waals surface area contributed by atoms with Gasteiger partial charge in [0, 0.05) is 36.1 Å². The van der Waals surface area contributed by atoms with Gasteiger partial charge in [-0.2, -0.15) is 0 Å². The molecule has 0 spiro atoms. The lowest BCUT2D eigenvalue weighted by molar-refractivity contribution is -0.384. The van der Waals surface area contributed by atoms with Gasteiger partial charge in [0.25, 0.3) is 5.69 Å². The molecule has 1 aromatic carbocycles. The van der Waals surface area contributed by atoms with Crippen molar-refractivity contribution in [1.82, 2.24) is 14.5 Å². The SMILES string of the molecule is O=[N+]([O-])c1ccc2c(c1)c(F)cn2Cc1cnccn1. The third-order valence-corrected chi connectivity index (χ3v) is 2.98. The Bertz CT molecular complexity index is 786. The largest absolute Gasteiger partial charge is 0.338 e. The second kappa shape index (κ2) is 4.69. The zero-order chi connectivity index (χ0) is 14.1. The van der Waals surface area contributed by atoms with Crippen molar-refractivity contribution in [2.75, 3.05) is 0 Å². The van der Waals surface area contributed by atoms with Crippen molar-refractivity contribution >= 4 is 16.6 Å². The van der Waals surface area contributed by atoms with Crippen molar-refractivity contribution in [3.8, 4) is 0 Å². The molecular weight excluding hydrogens is 263 g/mol. The van der Waals surface area contributed by atoms with Gasteiger partial charge in [-0.15, -0.1) is 0 Å². The van der Waals surface area contributed by atoms with Crippen LogP contribution in [0, 0.1) is 15.9 Å². The van der Waals surface area contributed by atoms with Crippen LogP contribution in [0.5, 0.6) is 0 Å². The minimum absolute atomic E-state index is 0.131. The number of hydrogen-bond donors (Lipinski definition) is 0. The molecule has 0 amide bonds. The molecule has 100 valence electrons. The molecule has 0 saturated heterocycles. The van der Waals surface area contributed by atoms with E-state index in [0.717, 1.165) is 0 Å². The number of aromatic nitrogens is 3. The van der Waals surface area contributed by atoms with Gasteiger partial charge in [-0.1, -0.05) is 0 Å². The average molecular weight is 272 g/mol. The molecule has 0 saturated carbocycles. The minimum atomic E-state index is -0.543. The summed E-state index contributed by atoms with van der Waals surface area (Å²) in [7, 11) is 0. The first kappa shape index (κ1) is 12.2. The van der Waals surface area contributed by atoms with E-state index in [-0.39, 0.29) is 11.1 Å². The summed E-state index contributed by atoms with van der Waals surface area (Å²) in [5.74, 6) is -0.493. The highest BCUT2D eigenvalue weighted by molar-refractivity contribution is 5.83. The lowest BCUT2D eigenvalue weighted by atomic mass is 10.2. The summed E-state index contributed by atoms with van der Waals surface area (Å²) in [6, 6.07) is 4.12. The van der Waals surface area contributed by atoms with Crippen LogP contribution in [-0.2, 0) is 6.54 Å². The van der Waals surface area contributed by atoms with Gasteiger partial charge in [-0.25, -0.2) is 4.39 Å². The molecule has 0 N–H and O–H groups in total. The fourth-order valence-corrected chi connectivity index (χ4v) is 2.07. The Balaban J connectivity index is 2.07. The van der Waals surface area contributed by atoms with Crippen LogP contribution in [0.25, 0.3) is 10.9 Å². The first-order chi connectivity index (χ1) is 9.65. The Morgan fingerprint density at radius 3 is 2.90 bits per heavy atom. The van der Waals surface area contributed by atoms with Crippen molar-refractivity contribution < 1.29 is 9.31 Å². The van der Waals surface area contributed by atoms with Crippen LogP contribution in [-0.4, -0.2) is 19.5 Å². The second-order valence-corrected chi connectivity index (χ2v) is 4.26. The van der Waals surface area contributed by atoms with Gasteiger partial charge in [0.1, 0.15) is 5.82 Å². The van der Waals surface area contributed by atoms with Crippen molar-refractivity contribution in [2.45, 2.75) is 6.54 Å². The normalized spacial score (nSPS) is 10.8. The molecule has 2 aromatic heterocycles. The molecule has 0 aliphatic carbocycles. The Morgan fingerprint density at radius 1 is 1.35 bits per heavy atom. The Kier molecular flexibility index (Phi) is 2.86. The van der Waals surface area contributed by atoms with E-state index in [0.29, 0.717) is 17.8 Å². The maximum atomic E-state index is 13.9. The fourth-order valence-electron chi connectivity index (χ4n) is 2.07. The maximum absolute atomic E-state index is 13.9. The molecule has 0 aliphatic heterocycles. The number of halogens is 1. The summed E-state index contributed by atoms with van der Waals surface area (Å²) in [6.45, 7) is 0.353. The Hall–Kier alpha value is -2.83. The van der Waals surface area contributed by atoms with Crippen LogP contribution in [0.4, 0.5) is 10.1 Å². The number of nitro benzene ring substituents is 1. The van der Waals surface area contributed by atoms with Gasteiger partial charge in [0.15, 0.2) is 0 Å². The third kappa shape index (κ3) is 2.09. The lowest BCUT2D eigenvalue weighted by Crippen LogP contribution is -2.00. The van der Waals surface area contributed by atoms with Gasteiger partial charge in [-0.3, -0.25) is 20.1 Å². The summed E-state index contributed by atoms with van der Waals surface area (Å²) in [5.41, 5.74) is 1.13. The van der Waals surface area contributed by atoms with E-state index < -0.39 is 10.7 Å². The number of fused-ring (bicyclic) bond motifs is 1. The molecule has 0 unspecified atom stereocenters. The lowest BCUT2D eigenvalue weighted by Gasteiger charge is -2.03. The molecule has 0 radical (unpaired) electrons. The molecule has 0 bridgehead atoms. The number of nitrogens with zero attached hydrogens (tertiary/aromatic N) is 4. The van der Waals surface area contributed by atoms with Crippen LogP contribution in [0.1, 0.15) is 5.69 Å². The number of benzene rings is 1. The molecule has 0 aliphatic rings. The molecule has 0 atom stereocenters. The van der Waals surface area contributed by atoms with Crippen LogP contribution >= 0.6 is 0 Å². The Labute approximate surface area is 112 Å². The molecule has 20 heavy (non-hydrogen) atoms. The van der Waals surface area contributed by atoms with Crippen LogP contribution in [0.15, 0.2) is 43.0 Å². The van der Waals surface area contributed by atoms with E-state index in [1.807, 2.05) is 0 Å². The summed E-state index contributed by atoms with van der Waals surface area (Å²) < 4.78 is 15.5. The van der Waals surface area contributed by atoms with Crippen molar-refractivity contribution in [3.05, 3.63) is 64.6 Å². The average Bonchev–Trinajstić information content (AvgIpc) is 2.76. The molecular formula is C13H9FN4O2. The third-order valence-electron chi connectivity index (χ3n) is 2.98. The van der Waals surface area contributed by atoms with E-state index in [1.54, 1.807) is 23.2 Å². The van der Waals surface area contributed by atoms with E-state index in [4.69, 9.17) is 0 Å². The zero-order valence-electron chi connectivity index (χ0n) is 10.2. The van der Waals surface area contributed by atoms with E-state index in [9.17, 15) is 14.5 Å². The van der Waals surface area contributed by atoms with Crippen molar-refractivity contribution in [3.63, 3.8) is 0 Å². The number of hydrogen-bond acceptors (Lipinski definition) is 4. The predicted molar refractivity (Wildman–Crippen MR) is 69.7 cm³/mol. The first-order valence-electron chi connectivity index (χ1n) is 5.83. The summed E-state index contributed by atoms with van der Waals surface area (Å²) in [5, 5.41) is 10.9. The summed E-state index contributed by atoms with van der Waals surface area (Å²) in [4.78, 5) is 18.2. The van der Waals surface area contributed by atoms with E-state index >= 15 is 0 Å². The van der Waals surface area contributed by atoms with Crippen molar-refractivity contribution in [2.24, 2.45) is 0 Å². The number of nitro groups is 1. The predicted octanol–water partition coefficient (Wildman–Crippen LogP) is 2.53. The van der Waals surface area contributed by atoms with Crippen LogP contribution in [0.2, 0.25) is 0 Å². The Morgan fingerprint density at radius 2 is 2.20 bits per heavy atom. The fraction of sp³-hybridized carbons (Fsp3) is 0.0769. The highest BCUT2D eigenvalue weighted by Gasteiger charge is 2.13. The topological polar surface area (TPSA) is 73.8 Å². The van der Waals surface area contributed by atoms with E-state index in [1.165, 1.54) is 24.4 Å². The molecule has 7 heteroatoms. The van der Waals surface area contributed by atoms with Crippen LogP contribution < -0.4 is 0 Å². The van der Waals surface area contributed by atoms with E-state index in [2.05, 4.69) is 9.97 Å². The second-order valence-electron chi connectivity index (χ2n) is 4.26.